The van der Waals surface area contributed by atoms with Gasteiger partial charge in [-0.2, -0.15) is 0 Å². The van der Waals surface area contributed by atoms with Crippen molar-refractivity contribution in [1.29, 1.82) is 0 Å². The van der Waals surface area contributed by atoms with Crippen LogP contribution in [0.4, 0.5) is 25.2 Å². The van der Waals surface area contributed by atoms with Crippen LogP contribution in [0, 0.1) is 11.5 Å². The van der Waals surface area contributed by atoms with Gasteiger partial charge >= 0.3 is 33.0 Å². The SMILES string of the molecule is CC(C)[Si](C#Cc1cc[n+](C)cc1)(C(C)C)C(C)C.F[P-](F)(F)(F)(F)F. The zero-order valence-electron chi connectivity index (χ0n) is 16.2. The molecule has 0 aliphatic rings. The van der Waals surface area contributed by atoms with Crippen molar-refractivity contribution in [2.24, 2.45) is 7.05 Å². The van der Waals surface area contributed by atoms with E-state index in [1.807, 2.05) is 11.6 Å². The molecule has 0 saturated carbocycles. The van der Waals surface area contributed by atoms with Crippen LogP contribution >= 0.6 is 7.81 Å². The molecule has 0 spiro atoms. The summed E-state index contributed by atoms with van der Waals surface area (Å²) in [6.45, 7) is 14.1. The number of hydrogen-bond acceptors (Lipinski definition) is 0. The van der Waals surface area contributed by atoms with Gasteiger partial charge in [0.15, 0.2) is 12.4 Å². The Bertz CT molecular complexity index is 621. The van der Waals surface area contributed by atoms with Crippen LogP contribution in [0.5, 0.6) is 0 Å². The topological polar surface area (TPSA) is 3.88 Å². The Morgan fingerprint density at radius 2 is 1.12 bits per heavy atom. The molecule has 1 aromatic rings. The number of aryl methyl sites for hydroxylation is 1. The standard InChI is InChI=1S/C17H28NSi.F6P/c1-14(2)19(15(3)4,16(5)6)13-10-17-8-11-18(7)12-9-17;1-7(2,3,4,5)6/h8-9,11-12,14-16H,1-7H3;/q+1;-1. The van der Waals surface area contributed by atoms with Gasteiger partial charge in [0.2, 0.25) is 0 Å². The maximum atomic E-state index is 9.87. The molecule has 0 amide bonds. The minimum absolute atomic E-state index is 0.694. The number of halogens is 6. The molecule has 0 unspecified atom stereocenters. The Morgan fingerprint density at radius 3 is 1.38 bits per heavy atom. The first kappa shape index (κ1) is 24.9. The molecule has 1 heterocycles. The molecule has 1 nitrogen and oxygen atoms in total. The maximum absolute atomic E-state index is 10.7. The van der Waals surface area contributed by atoms with Gasteiger partial charge in [-0.05, 0) is 16.6 Å². The van der Waals surface area contributed by atoms with Crippen LogP contribution in [-0.2, 0) is 7.05 Å². The van der Waals surface area contributed by atoms with Crippen LogP contribution in [0.25, 0.3) is 0 Å². The summed E-state index contributed by atoms with van der Waals surface area (Å²) in [5, 5.41) is 0. The van der Waals surface area contributed by atoms with E-state index < -0.39 is 15.9 Å². The van der Waals surface area contributed by atoms with Crippen LogP contribution in [0.2, 0.25) is 16.6 Å². The zero-order chi connectivity index (χ0) is 21.0. The average Bonchev–Trinajstić information content (AvgIpc) is 2.36. The van der Waals surface area contributed by atoms with E-state index in [1.54, 1.807) is 0 Å². The van der Waals surface area contributed by atoms with E-state index in [2.05, 4.69) is 77.5 Å². The molecule has 0 fully saturated rings. The number of nitrogens with zero attached hydrogens (tertiary/aromatic N) is 1. The Kier molecular flexibility index (Phi) is 7.21. The van der Waals surface area contributed by atoms with Crippen molar-refractivity contribution in [2.75, 3.05) is 0 Å². The van der Waals surface area contributed by atoms with Gasteiger partial charge in [0.05, 0.1) is 0 Å². The fraction of sp³-hybridized carbons (Fsp3) is 0.588. The van der Waals surface area contributed by atoms with Crippen LogP contribution in [0.15, 0.2) is 24.5 Å². The molecule has 0 aliphatic heterocycles. The molecule has 9 heteroatoms. The third-order valence-corrected chi connectivity index (χ3v) is 10.6. The molecule has 0 aromatic carbocycles. The molecular weight excluding hydrogens is 391 g/mol. The van der Waals surface area contributed by atoms with Crippen molar-refractivity contribution in [3.8, 4) is 11.5 Å². The van der Waals surface area contributed by atoms with Gasteiger partial charge in [0, 0.05) is 17.7 Å². The van der Waals surface area contributed by atoms with Crippen molar-refractivity contribution < 1.29 is 29.7 Å². The van der Waals surface area contributed by atoms with E-state index in [0.717, 1.165) is 5.56 Å². The van der Waals surface area contributed by atoms with E-state index in [1.165, 1.54) is 0 Å². The first-order chi connectivity index (χ1) is 11.3. The second-order valence-electron chi connectivity index (χ2n) is 7.36. The molecule has 0 saturated heterocycles. The van der Waals surface area contributed by atoms with Crippen molar-refractivity contribution in [1.82, 2.24) is 0 Å². The zero-order valence-corrected chi connectivity index (χ0v) is 18.1. The van der Waals surface area contributed by atoms with Gasteiger partial charge in [0.1, 0.15) is 15.1 Å². The fourth-order valence-corrected chi connectivity index (χ4v) is 8.42. The molecule has 0 radical (unpaired) electrons. The molecule has 1 rings (SSSR count). The van der Waals surface area contributed by atoms with Gasteiger partial charge < -0.3 is 0 Å². The summed E-state index contributed by atoms with van der Waals surface area (Å²) < 4.78 is 61.2. The Balaban J connectivity index is 0.000000758. The average molecular weight is 419 g/mol. The number of rotatable bonds is 3. The normalized spacial score (nSPS) is 14.9. The van der Waals surface area contributed by atoms with Crippen molar-refractivity contribution in [2.45, 2.75) is 58.2 Å². The van der Waals surface area contributed by atoms with Gasteiger partial charge in [-0.1, -0.05) is 47.5 Å². The molecule has 152 valence electrons. The first-order valence-corrected chi connectivity index (χ1v) is 12.6. The second-order valence-corrected chi connectivity index (χ2v) is 14.9. The first-order valence-electron chi connectivity index (χ1n) is 8.30. The number of pyridine rings is 1. The molecule has 1 aromatic heterocycles. The third-order valence-electron chi connectivity index (χ3n) is 4.27. The third kappa shape index (κ3) is 10.2. The van der Waals surface area contributed by atoms with E-state index in [9.17, 15) is 25.2 Å². The number of aromatic nitrogens is 1. The van der Waals surface area contributed by atoms with Crippen molar-refractivity contribution in [3.63, 3.8) is 0 Å². The molecule has 0 atom stereocenters. The molecular formula is C17H28F6NPSi. The molecule has 26 heavy (non-hydrogen) atoms. The van der Waals surface area contributed by atoms with E-state index in [0.29, 0.717) is 16.6 Å². The van der Waals surface area contributed by atoms with E-state index >= 15 is 0 Å². The summed E-state index contributed by atoms with van der Waals surface area (Å²) in [5.41, 5.74) is 6.97. The Morgan fingerprint density at radius 1 is 0.808 bits per heavy atom. The van der Waals surface area contributed by atoms with E-state index in [4.69, 9.17) is 0 Å². The Labute approximate surface area is 153 Å². The minimum atomic E-state index is -10.7. The van der Waals surface area contributed by atoms with Gasteiger partial charge in [-0.15, -0.1) is 5.54 Å². The monoisotopic (exact) mass is 419 g/mol. The molecule has 0 bridgehead atoms. The molecule has 0 aliphatic carbocycles. The summed E-state index contributed by atoms with van der Waals surface area (Å²) in [5.74, 6) is 3.46. The predicted molar refractivity (Wildman–Crippen MR) is 99.1 cm³/mol. The summed E-state index contributed by atoms with van der Waals surface area (Å²) in [4.78, 5) is 0. The summed E-state index contributed by atoms with van der Waals surface area (Å²) >= 11 is 0. The predicted octanol–water partition coefficient (Wildman–Crippen LogP) is 7.46. The van der Waals surface area contributed by atoms with Crippen LogP contribution < -0.4 is 4.57 Å². The summed E-state index contributed by atoms with van der Waals surface area (Å²) in [6.07, 6.45) is 4.13. The van der Waals surface area contributed by atoms with Crippen molar-refractivity contribution in [3.05, 3.63) is 30.1 Å². The second kappa shape index (κ2) is 7.51. The van der Waals surface area contributed by atoms with Crippen molar-refractivity contribution >= 4 is 15.9 Å². The van der Waals surface area contributed by atoms with Crippen LogP contribution in [0.3, 0.4) is 0 Å². The van der Waals surface area contributed by atoms with Gasteiger partial charge in [-0.3, -0.25) is 0 Å². The number of hydrogen-bond donors (Lipinski definition) is 0. The molecule has 0 N–H and O–H groups in total. The summed E-state index contributed by atoms with van der Waals surface area (Å²) in [6, 6.07) is 4.21. The van der Waals surface area contributed by atoms with Crippen LogP contribution in [0.1, 0.15) is 47.1 Å². The summed E-state index contributed by atoms with van der Waals surface area (Å²) in [7, 11) is -10.2. The van der Waals surface area contributed by atoms with Crippen LogP contribution in [-0.4, -0.2) is 8.07 Å². The quantitative estimate of drug-likeness (QED) is 0.157. The van der Waals surface area contributed by atoms with Gasteiger partial charge in [0.25, 0.3) is 0 Å². The Hall–Kier alpha value is -1.06. The van der Waals surface area contributed by atoms with E-state index in [-0.39, 0.29) is 0 Å². The van der Waals surface area contributed by atoms with Gasteiger partial charge in [-0.25, -0.2) is 4.57 Å². The fourth-order valence-electron chi connectivity index (χ4n) is 3.20.